The number of nitrogen functional groups attached to an aromatic ring is 1. The molecular formula is C15H10BrN3O2. The monoisotopic (exact) mass is 343 g/mol. The number of fused-ring (bicyclic) bond motifs is 1. The minimum absolute atomic E-state index is 0.0469. The van der Waals surface area contributed by atoms with Gasteiger partial charge >= 0.3 is 0 Å². The highest BCUT2D eigenvalue weighted by Crippen LogP contribution is 2.30. The first-order chi connectivity index (χ1) is 10.0. The van der Waals surface area contributed by atoms with E-state index >= 15 is 0 Å². The number of aromatic nitrogens is 1. The van der Waals surface area contributed by atoms with E-state index in [1.807, 2.05) is 12.1 Å². The molecule has 0 atom stereocenters. The van der Waals surface area contributed by atoms with E-state index in [0.29, 0.717) is 16.9 Å². The van der Waals surface area contributed by atoms with Gasteiger partial charge in [0.25, 0.3) is 0 Å². The van der Waals surface area contributed by atoms with Crippen LogP contribution in [-0.4, -0.2) is 16.6 Å². The van der Waals surface area contributed by atoms with Crippen molar-refractivity contribution < 1.29 is 9.59 Å². The maximum atomic E-state index is 12.2. The zero-order valence-corrected chi connectivity index (χ0v) is 12.3. The van der Waals surface area contributed by atoms with Gasteiger partial charge in [-0.15, -0.1) is 0 Å². The van der Waals surface area contributed by atoms with Crippen LogP contribution in [0.1, 0.15) is 20.8 Å². The topological polar surface area (TPSA) is 99.1 Å². The van der Waals surface area contributed by atoms with Crippen molar-refractivity contribution in [1.29, 1.82) is 0 Å². The van der Waals surface area contributed by atoms with Gasteiger partial charge in [0, 0.05) is 11.3 Å². The number of anilines is 1. The van der Waals surface area contributed by atoms with Crippen LogP contribution in [0.4, 0.5) is 5.69 Å². The molecule has 1 aromatic carbocycles. The summed E-state index contributed by atoms with van der Waals surface area (Å²) in [4.78, 5) is 28.6. The molecule has 6 heteroatoms. The number of hydrogen-bond donors (Lipinski definition) is 2. The van der Waals surface area contributed by atoms with Crippen LogP contribution in [0.2, 0.25) is 0 Å². The first-order valence-electron chi connectivity index (χ1n) is 6.11. The first kappa shape index (κ1) is 13.5. The van der Waals surface area contributed by atoms with Crippen molar-refractivity contribution in [2.24, 2.45) is 5.73 Å². The fourth-order valence-corrected chi connectivity index (χ4v) is 2.53. The Balaban J connectivity index is 2.20. The molecule has 0 amide bonds. The number of ketones is 2. The molecule has 1 aliphatic carbocycles. The zero-order chi connectivity index (χ0) is 15.1. The summed E-state index contributed by atoms with van der Waals surface area (Å²) in [6.45, 7) is 0. The molecule has 0 spiro atoms. The Morgan fingerprint density at radius 1 is 0.905 bits per heavy atom. The van der Waals surface area contributed by atoms with E-state index in [-0.39, 0.29) is 21.4 Å². The average Bonchev–Trinajstić information content (AvgIpc) is 2.51. The van der Waals surface area contributed by atoms with Gasteiger partial charge in [-0.05, 0) is 34.1 Å². The third kappa shape index (κ3) is 2.04. The molecule has 4 N–H and O–H groups in total. The van der Waals surface area contributed by atoms with E-state index in [1.165, 1.54) is 0 Å². The van der Waals surface area contributed by atoms with E-state index in [9.17, 15) is 9.59 Å². The number of carbonyl (C=O) groups excluding carboxylic acids is 2. The van der Waals surface area contributed by atoms with E-state index in [4.69, 9.17) is 11.5 Å². The van der Waals surface area contributed by atoms with Gasteiger partial charge in [-0.2, -0.15) is 0 Å². The molecule has 1 heterocycles. The van der Waals surface area contributed by atoms with Crippen LogP contribution in [0.15, 0.2) is 46.6 Å². The van der Waals surface area contributed by atoms with E-state index < -0.39 is 11.6 Å². The summed E-state index contributed by atoms with van der Waals surface area (Å²) in [6.07, 6.45) is 0. The van der Waals surface area contributed by atoms with Gasteiger partial charge in [-0.3, -0.25) is 9.59 Å². The standard InChI is InChI=1S/C15H10BrN3O2/c16-11-12(18)14(20)8-5-6-10(19-13(8)15(11)21)7-3-1-2-4-9(7)17/h1-6H,17-18H2. The third-order valence-corrected chi connectivity index (χ3v) is 4.06. The van der Waals surface area contributed by atoms with Crippen LogP contribution in [0, 0.1) is 0 Å². The number of Topliss-reactive ketones (excluding diaryl/α,β-unsaturated/α-hetero) is 2. The second-order valence-corrected chi connectivity index (χ2v) is 5.36. The predicted octanol–water partition coefficient (Wildman–Crippen LogP) is 2.28. The number of allylic oxidation sites excluding steroid dienone is 2. The Kier molecular flexibility index (Phi) is 3.10. The van der Waals surface area contributed by atoms with Crippen molar-refractivity contribution >= 4 is 33.2 Å². The molecule has 0 bridgehead atoms. The molecule has 1 aromatic heterocycles. The van der Waals surface area contributed by atoms with Crippen LogP contribution < -0.4 is 11.5 Å². The Labute approximate surface area is 128 Å². The van der Waals surface area contributed by atoms with Crippen molar-refractivity contribution in [3.05, 3.63) is 57.8 Å². The van der Waals surface area contributed by atoms with Crippen LogP contribution in [0.25, 0.3) is 11.3 Å². The van der Waals surface area contributed by atoms with Gasteiger partial charge in [0.1, 0.15) is 5.69 Å². The lowest BCUT2D eigenvalue weighted by Gasteiger charge is -2.15. The number of rotatable bonds is 1. The molecule has 0 fully saturated rings. The summed E-state index contributed by atoms with van der Waals surface area (Å²) >= 11 is 3.04. The molecule has 3 rings (SSSR count). The highest BCUT2D eigenvalue weighted by Gasteiger charge is 2.31. The van der Waals surface area contributed by atoms with Crippen molar-refractivity contribution in [1.82, 2.24) is 4.98 Å². The lowest BCUT2D eigenvalue weighted by atomic mass is 9.96. The number of nitrogens with zero attached hydrogens (tertiary/aromatic N) is 1. The number of para-hydroxylation sites is 1. The lowest BCUT2D eigenvalue weighted by Crippen LogP contribution is -2.25. The summed E-state index contributed by atoms with van der Waals surface area (Å²) in [5.41, 5.74) is 13.5. The predicted molar refractivity (Wildman–Crippen MR) is 82.9 cm³/mol. The van der Waals surface area contributed by atoms with E-state index in [1.54, 1.807) is 24.3 Å². The fourth-order valence-electron chi connectivity index (χ4n) is 2.17. The Hall–Kier alpha value is -2.47. The molecular weight excluding hydrogens is 334 g/mol. The number of nitrogens with two attached hydrogens (primary N) is 2. The minimum atomic E-state index is -0.406. The Morgan fingerprint density at radius 3 is 2.33 bits per heavy atom. The normalized spacial score (nSPS) is 14.3. The van der Waals surface area contributed by atoms with Gasteiger partial charge in [-0.1, -0.05) is 18.2 Å². The number of hydrogen-bond acceptors (Lipinski definition) is 5. The smallest absolute Gasteiger partial charge is 0.221 e. The molecule has 0 saturated carbocycles. The van der Waals surface area contributed by atoms with Gasteiger partial charge in [0.05, 0.1) is 21.4 Å². The molecule has 0 aliphatic heterocycles. The molecule has 0 saturated heterocycles. The Bertz CT molecular complexity index is 827. The number of pyridine rings is 1. The molecule has 0 unspecified atom stereocenters. The molecule has 5 nitrogen and oxygen atoms in total. The number of benzene rings is 1. The third-order valence-electron chi connectivity index (χ3n) is 3.27. The van der Waals surface area contributed by atoms with Gasteiger partial charge in [0.15, 0.2) is 0 Å². The molecule has 104 valence electrons. The van der Waals surface area contributed by atoms with Crippen LogP contribution in [0.3, 0.4) is 0 Å². The largest absolute Gasteiger partial charge is 0.398 e. The van der Waals surface area contributed by atoms with Crippen molar-refractivity contribution in [2.75, 3.05) is 5.73 Å². The second-order valence-electron chi connectivity index (χ2n) is 4.57. The summed E-state index contributed by atoms with van der Waals surface area (Å²) in [7, 11) is 0. The summed E-state index contributed by atoms with van der Waals surface area (Å²) in [6, 6.07) is 10.4. The zero-order valence-electron chi connectivity index (χ0n) is 10.8. The molecule has 2 aromatic rings. The fraction of sp³-hybridized carbons (Fsp3) is 0. The second kappa shape index (κ2) is 4.82. The SMILES string of the molecule is NC1=C(Br)C(=O)c2nc(-c3ccccc3N)ccc2C1=O. The lowest BCUT2D eigenvalue weighted by molar-refractivity contribution is 0.0977. The van der Waals surface area contributed by atoms with Crippen LogP contribution in [-0.2, 0) is 0 Å². The van der Waals surface area contributed by atoms with Gasteiger partial charge in [-0.25, -0.2) is 4.98 Å². The quantitative estimate of drug-likeness (QED) is 0.773. The van der Waals surface area contributed by atoms with Crippen molar-refractivity contribution in [3.63, 3.8) is 0 Å². The number of carbonyl (C=O) groups is 2. The highest BCUT2D eigenvalue weighted by atomic mass is 79.9. The molecule has 0 radical (unpaired) electrons. The summed E-state index contributed by atoms with van der Waals surface area (Å²) < 4.78 is 0.0469. The van der Waals surface area contributed by atoms with Crippen LogP contribution in [0.5, 0.6) is 0 Å². The Morgan fingerprint density at radius 2 is 1.62 bits per heavy atom. The number of halogens is 1. The van der Waals surface area contributed by atoms with Gasteiger partial charge in [0.2, 0.25) is 11.6 Å². The van der Waals surface area contributed by atoms with Crippen molar-refractivity contribution in [2.45, 2.75) is 0 Å². The van der Waals surface area contributed by atoms with Gasteiger partial charge < -0.3 is 11.5 Å². The summed E-state index contributed by atoms with van der Waals surface area (Å²) in [5, 5.41) is 0. The molecule has 21 heavy (non-hydrogen) atoms. The van der Waals surface area contributed by atoms with E-state index in [2.05, 4.69) is 20.9 Å². The van der Waals surface area contributed by atoms with E-state index in [0.717, 1.165) is 0 Å². The summed E-state index contributed by atoms with van der Waals surface area (Å²) in [5.74, 6) is -0.810. The maximum Gasteiger partial charge on any atom is 0.221 e. The van der Waals surface area contributed by atoms with Crippen molar-refractivity contribution in [3.8, 4) is 11.3 Å². The minimum Gasteiger partial charge on any atom is -0.398 e. The average molecular weight is 344 g/mol. The maximum absolute atomic E-state index is 12.2. The van der Waals surface area contributed by atoms with Crippen LogP contribution >= 0.6 is 15.9 Å². The first-order valence-corrected chi connectivity index (χ1v) is 6.90. The molecule has 1 aliphatic rings. The highest BCUT2D eigenvalue weighted by molar-refractivity contribution is 9.12.